The minimum Gasteiger partial charge on any atom is -0.456 e. The predicted molar refractivity (Wildman–Crippen MR) is 102 cm³/mol. The highest BCUT2D eigenvalue weighted by molar-refractivity contribution is 6.30. The molecular weight excluding hydrogens is 355 g/mol. The highest BCUT2D eigenvalue weighted by Crippen LogP contribution is 2.49. The Morgan fingerprint density at radius 2 is 1.88 bits per heavy atom. The molecule has 0 amide bonds. The molecule has 0 spiro atoms. The van der Waals surface area contributed by atoms with Crippen molar-refractivity contribution in [1.82, 2.24) is 0 Å². The first-order chi connectivity index (χ1) is 11.9. The van der Waals surface area contributed by atoms with E-state index in [2.05, 4.69) is 6.58 Å². The Bertz CT molecular complexity index is 785. The molecular formula is C21H20Cl2O2. The number of cyclic esters (lactones) is 1. The molecule has 0 bridgehead atoms. The van der Waals surface area contributed by atoms with Gasteiger partial charge in [0.2, 0.25) is 0 Å². The number of hydrogen-bond donors (Lipinski definition) is 0. The molecule has 3 rings (SSSR count). The van der Waals surface area contributed by atoms with Gasteiger partial charge in [-0.3, -0.25) is 4.79 Å². The second-order valence-electron chi connectivity index (χ2n) is 6.80. The normalized spacial score (nSPS) is 26.1. The Morgan fingerprint density at radius 1 is 1.16 bits per heavy atom. The summed E-state index contributed by atoms with van der Waals surface area (Å²) < 4.78 is 5.91. The number of ether oxygens (including phenoxy) is 1. The molecule has 1 aliphatic heterocycles. The molecule has 1 saturated heterocycles. The molecule has 1 aliphatic rings. The Morgan fingerprint density at radius 3 is 2.52 bits per heavy atom. The summed E-state index contributed by atoms with van der Waals surface area (Å²) in [5.74, 6) is -0.173. The van der Waals surface area contributed by atoms with Crippen LogP contribution in [0.5, 0.6) is 0 Å². The molecule has 1 fully saturated rings. The highest BCUT2D eigenvalue weighted by Gasteiger charge is 2.46. The maximum absolute atomic E-state index is 12.7. The zero-order valence-electron chi connectivity index (χ0n) is 14.0. The number of benzene rings is 2. The van der Waals surface area contributed by atoms with E-state index >= 15 is 0 Å². The lowest BCUT2D eigenvalue weighted by Crippen LogP contribution is -2.39. The molecule has 0 N–H and O–H groups in total. The van der Waals surface area contributed by atoms with Gasteiger partial charge in [0.05, 0.1) is 5.41 Å². The zero-order chi connectivity index (χ0) is 18.0. The molecule has 0 aliphatic carbocycles. The van der Waals surface area contributed by atoms with E-state index < -0.39 is 5.41 Å². The van der Waals surface area contributed by atoms with Gasteiger partial charge in [0.1, 0.15) is 6.10 Å². The number of carbonyl (C=O) groups is 1. The molecule has 4 heteroatoms. The summed E-state index contributed by atoms with van der Waals surface area (Å²) in [7, 11) is 0. The lowest BCUT2D eigenvalue weighted by Gasteiger charge is -2.41. The van der Waals surface area contributed by atoms with E-state index in [4.69, 9.17) is 27.9 Å². The zero-order valence-corrected chi connectivity index (χ0v) is 15.6. The fraction of sp³-hybridized carbons (Fsp3) is 0.286. The summed E-state index contributed by atoms with van der Waals surface area (Å²) in [6, 6.07) is 15.2. The number of rotatable bonds is 4. The Balaban J connectivity index is 2.03. The lowest BCUT2D eigenvalue weighted by molar-refractivity contribution is -0.171. The van der Waals surface area contributed by atoms with Gasteiger partial charge in [0.15, 0.2) is 0 Å². The third-order valence-corrected chi connectivity index (χ3v) is 5.32. The standard InChI is InChI=1S/C21H20Cl2O2/c1-3-11-21(2)13-18(15-5-4-6-17(23)12-15)19(25-20(21)24)14-7-9-16(22)10-8-14/h3-10,12,18-19H,1,11,13H2,2H3/t18-,19-,21-/m0/s1. The third kappa shape index (κ3) is 3.75. The van der Waals surface area contributed by atoms with Crippen LogP contribution in [0.1, 0.15) is 42.9 Å². The Kier molecular flexibility index (Phi) is 5.21. The molecule has 0 saturated carbocycles. The van der Waals surface area contributed by atoms with E-state index in [0.29, 0.717) is 22.9 Å². The number of allylic oxidation sites excluding steroid dienone is 1. The van der Waals surface area contributed by atoms with Crippen LogP contribution < -0.4 is 0 Å². The van der Waals surface area contributed by atoms with Crippen molar-refractivity contribution in [3.8, 4) is 0 Å². The second-order valence-corrected chi connectivity index (χ2v) is 7.67. The van der Waals surface area contributed by atoms with Gasteiger partial charge in [-0.15, -0.1) is 6.58 Å². The van der Waals surface area contributed by atoms with Gasteiger partial charge in [-0.2, -0.15) is 0 Å². The molecule has 25 heavy (non-hydrogen) atoms. The maximum Gasteiger partial charge on any atom is 0.312 e. The van der Waals surface area contributed by atoms with Gasteiger partial charge < -0.3 is 4.74 Å². The smallest absolute Gasteiger partial charge is 0.312 e. The molecule has 2 nitrogen and oxygen atoms in total. The monoisotopic (exact) mass is 374 g/mol. The topological polar surface area (TPSA) is 26.3 Å². The quantitative estimate of drug-likeness (QED) is 0.460. The summed E-state index contributed by atoms with van der Waals surface area (Å²) in [6.45, 7) is 5.73. The SMILES string of the molecule is C=CC[C@@]1(C)C[C@@H](c2cccc(Cl)c2)[C@H](c2ccc(Cl)cc2)OC1=O. The van der Waals surface area contributed by atoms with Crippen LogP contribution in [0.25, 0.3) is 0 Å². The summed E-state index contributed by atoms with van der Waals surface area (Å²) in [5.41, 5.74) is 1.41. The first kappa shape index (κ1) is 18.0. The maximum atomic E-state index is 12.7. The largest absolute Gasteiger partial charge is 0.456 e. The van der Waals surface area contributed by atoms with E-state index in [1.165, 1.54) is 0 Å². The summed E-state index contributed by atoms with van der Waals surface area (Å²) >= 11 is 12.2. The predicted octanol–water partition coefficient (Wildman–Crippen LogP) is 6.35. The van der Waals surface area contributed by atoms with Crippen LogP contribution >= 0.6 is 23.2 Å². The van der Waals surface area contributed by atoms with Crippen molar-refractivity contribution in [1.29, 1.82) is 0 Å². The van der Waals surface area contributed by atoms with E-state index in [1.54, 1.807) is 6.08 Å². The highest BCUT2D eigenvalue weighted by atomic mass is 35.5. The van der Waals surface area contributed by atoms with Crippen molar-refractivity contribution in [2.24, 2.45) is 5.41 Å². The number of carbonyl (C=O) groups excluding carboxylic acids is 1. The second kappa shape index (κ2) is 7.23. The Labute approximate surface area is 158 Å². The molecule has 0 unspecified atom stereocenters. The van der Waals surface area contributed by atoms with Crippen LogP contribution in [0.3, 0.4) is 0 Å². The number of esters is 1. The molecule has 0 radical (unpaired) electrons. The van der Waals surface area contributed by atoms with Crippen molar-refractivity contribution in [3.63, 3.8) is 0 Å². The van der Waals surface area contributed by atoms with Crippen molar-refractivity contribution >= 4 is 29.2 Å². The van der Waals surface area contributed by atoms with Gasteiger partial charge in [-0.05, 0) is 55.2 Å². The average molecular weight is 375 g/mol. The van der Waals surface area contributed by atoms with E-state index in [0.717, 1.165) is 11.1 Å². The van der Waals surface area contributed by atoms with Crippen LogP contribution in [0.15, 0.2) is 61.2 Å². The van der Waals surface area contributed by atoms with Crippen molar-refractivity contribution < 1.29 is 9.53 Å². The van der Waals surface area contributed by atoms with Gasteiger partial charge in [-0.25, -0.2) is 0 Å². The lowest BCUT2D eigenvalue weighted by atomic mass is 9.71. The van der Waals surface area contributed by atoms with E-state index in [-0.39, 0.29) is 18.0 Å². The number of hydrogen-bond acceptors (Lipinski definition) is 2. The van der Waals surface area contributed by atoms with Crippen molar-refractivity contribution in [3.05, 3.63) is 82.4 Å². The molecule has 3 atom stereocenters. The molecule has 2 aromatic rings. The summed E-state index contributed by atoms with van der Waals surface area (Å²) in [5, 5.41) is 1.33. The van der Waals surface area contributed by atoms with Gasteiger partial charge >= 0.3 is 5.97 Å². The van der Waals surface area contributed by atoms with Crippen LogP contribution in [0, 0.1) is 5.41 Å². The first-order valence-corrected chi connectivity index (χ1v) is 9.01. The molecule has 130 valence electrons. The van der Waals surface area contributed by atoms with Crippen molar-refractivity contribution in [2.45, 2.75) is 31.8 Å². The summed E-state index contributed by atoms with van der Waals surface area (Å²) in [4.78, 5) is 12.7. The fourth-order valence-electron chi connectivity index (χ4n) is 3.48. The van der Waals surface area contributed by atoms with E-state index in [1.807, 2.05) is 55.5 Å². The van der Waals surface area contributed by atoms with Crippen molar-refractivity contribution in [2.75, 3.05) is 0 Å². The minimum atomic E-state index is -0.586. The first-order valence-electron chi connectivity index (χ1n) is 8.26. The van der Waals surface area contributed by atoms with Gasteiger partial charge in [0.25, 0.3) is 0 Å². The molecule has 2 aromatic carbocycles. The Hall–Kier alpha value is -1.77. The van der Waals surface area contributed by atoms with Gasteiger partial charge in [0, 0.05) is 16.0 Å². The number of halogens is 2. The van der Waals surface area contributed by atoms with Crippen LogP contribution in [0.2, 0.25) is 10.0 Å². The molecule has 1 heterocycles. The van der Waals surface area contributed by atoms with E-state index in [9.17, 15) is 4.79 Å². The van der Waals surface area contributed by atoms with Crippen LogP contribution in [0.4, 0.5) is 0 Å². The van der Waals surface area contributed by atoms with Crippen LogP contribution in [-0.4, -0.2) is 5.97 Å². The fourth-order valence-corrected chi connectivity index (χ4v) is 3.81. The third-order valence-electron chi connectivity index (χ3n) is 4.83. The molecule has 0 aromatic heterocycles. The van der Waals surface area contributed by atoms with Gasteiger partial charge in [-0.1, -0.05) is 53.5 Å². The average Bonchev–Trinajstić information content (AvgIpc) is 2.58. The van der Waals surface area contributed by atoms with Crippen LogP contribution in [-0.2, 0) is 9.53 Å². The minimum absolute atomic E-state index is 0.0162. The summed E-state index contributed by atoms with van der Waals surface area (Å²) in [6.07, 6.45) is 2.67.